The van der Waals surface area contributed by atoms with E-state index < -0.39 is 15.9 Å². The Morgan fingerprint density at radius 2 is 1.81 bits per heavy atom. The molecule has 0 aliphatic carbocycles. The second-order valence-corrected chi connectivity index (χ2v) is 10.5. The molecular formula is C22H23N3O5S2. The van der Waals surface area contributed by atoms with Crippen LogP contribution in [0.25, 0.3) is 11.3 Å². The number of carbonyl (C=O) groups excluding carboxylic acids is 1. The van der Waals surface area contributed by atoms with Gasteiger partial charge in [-0.3, -0.25) is 10.1 Å². The minimum absolute atomic E-state index is 0.115. The van der Waals surface area contributed by atoms with Crippen molar-refractivity contribution < 1.29 is 22.7 Å². The Labute approximate surface area is 190 Å². The molecule has 0 atom stereocenters. The monoisotopic (exact) mass is 473 g/mol. The van der Waals surface area contributed by atoms with Gasteiger partial charge in [0.25, 0.3) is 5.91 Å². The highest BCUT2D eigenvalue weighted by molar-refractivity contribution is 7.89. The number of nitrogens with zero attached hydrogens (tertiary/aromatic N) is 2. The van der Waals surface area contributed by atoms with Crippen molar-refractivity contribution in [3.8, 4) is 22.8 Å². The van der Waals surface area contributed by atoms with Crippen LogP contribution in [0.4, 0.5) is 5.13 Å². The highest BCUT2D eigenvalue weighted by Crippen LogP contribution is 2.35. The molecule has 0 saturated heterocycles. The second kappa shape index (κ2) is 8.53. The first-order valence-electron chi connectivity index (χ1n) is 9.87. The molecule has 10 heteroatoms. The standard InChI is InChI=1S/C22H23N3O5S2/c1-13-9-16(11-20(14(13)2)32(27,28)25(3)4)21(26)24-22-23-17(12-31-22)15-5-6-18-19(10-15)30-8-7-29-18/h5-6,9-12H,7-8H2,1-4H3,(H,23,24,26). The number of sulfonamides is 1. The number of hydrogen-bond acceptors (Lipinski definition) is 7. The Hall–Kier alpha value is -2.95. The van der Waals surface area contributed by atoms with E-state index in [-0.39, 0.29) is 10.5 Å². The summed E-state index contributed by atoms with van der Waals surface area (Å²) in [6, 6.07) is 8.66. The van der Waals surface area contributed by atoms with E-state index in [0.29, 0.717) is 46.7 Å². The van der Waals surface area contributed by atoms with Crippen LogP contribution >= 0.6 is 11.3 Å². The summed E-state index contributed by atoms with van der Waals surface area (Å²) < 4.78 is 37.6. The van der Waals surface area contributed by atoms with Gasteiger partial charge in [0.15, 0.2) is 16.6 Å². The number of nitrogens with one attached hydrogen (secondary N) is 1. The third kappa shape index (κ3) is 4.21. The lowest BCUT2D eigenvalue weighted by molar-refractivity contribution is 0.102. The van der Waals surface area contributed by atoms with Crippen molar-refractivity contribution in [3.63, 3.8) is 0 Å². The number of anilines is 1. The molecule has 1 aliphatic heterocycles. The number of rotatable bonds is 5. The molecule has 3 aromatic rings. The third-order valence-corrected chi connectivity index (χ3v) is 7.90. The minimum atomic E-state index is -3.68. The van der Waals surface area contributed by atoms with Crippen LogP contribution in [-0.2, 0) is 10.0 Å². The fourth-order valence-electron chi connectivity index (χ4n) is 3.26. The number of amides is 1. The molecule has 0 unspecified atom stereocenters. The van der Waals surface area contributed by atoms with Crippen LogP contribution in [0, 0.1) is 13.8 Å². The van der Waals surface area contributed by atoms with Gasteiger partial charge in [-0.05, 0) is 55.3 Å². The van der Waals surface area contributed by atoms with Gasteiger partial charge in [0.05, 0.1) is 10.6 Å². The molecule has 1 aliphatic rings. The van der Waals surface area contributed by atoms with Crippen molar-refractivity contribution in [2.75, 3.05) is 32.6 Å². The van der Waals surface area contributed by atoms with E-state index in [4.69, 9.17) is 9.47 Å². The predicted molar refractivity (Wildman–Crippen MR) is 123 cm³/mol. The summed E-state index contributed by atoms with van der Waals surface area (Å²) in [5.41, 5.74) is 3.12. The average Bonchev–Trinajstić information content (AvgIpc) is 3.23. The topological polar surface area (TPSA) is 97.8 Å². The number of carbonyl (C=O) groups is 1. The van der Waals surface area contributed by atoms with Crippen LogP contribution in [-0.4, -0.2) is 50.9 Å². The van der Waals surface area contributed by atoms with E-state index in [9.17, 15) is 13.2 Å². The Morgan fingerprint density at radius 1 is 1.09 bits per heavy atom. The van der Waals surface area contributed by atoms with Crippen molar-refractivity contribution in [2.24, 2.45) is 0 Å². The predicted octanol–water partition coefficient (Wildman–Crippen LogP) is 3.70. The molecule has 168 valence electrons. The fraction of sp³-hybridized carbons (Fsp3) is 0.273. The second-order valence-electron chi connectivity index (χ2n) is 7.55. The Kier molecular flexibility index (Phi) is 5.93. The van der Waals surface area contributed by atoms with Crippen LogP contribution in [0.5, 0.6) is 11.5 Å². The summed E-state index contributed by atoms with van der Waals surface area (Å²) in [6.45, 7) is 4.53. The number of hydrogen-bond donors (Lipinski definition) is 1. The lowest BCUT2D eigenvalue weighted by Crippen LogP contribution is -2.24. The van der Waals surface area contributed by atoms with Crippen molar-refractivity contribution in [1.82, 2.24) is 9.29 Å². The van der Waals surface area contributed by atoms with Gasteiger partial charge in [0.1, 0.15) is 13.2 Å². The molecule has 0 fully saturated rings. The van der Waals surface area contributed by atoms with Crippen LogP contribution in [0.3, 0.4) is 0 Å². The number of thiazole rings is 1. The summed E-state index contributed by atoms with van der Waals surface area (Å²) in [5.74, 6) is 0.936. The molecule has 4 rings (SSSR count). The first kappa shape index (κ1) is 22.3. The third-order valence-electron chi connectivity index (χ3n) is 5.20. The number of aromatic nitrogens is 1. The van der Waals surface area contributed by atoms with Gasteiger partial charge in [-0.15, -0.1) is 11.3 Å². The Bertz CT molecular complexity index is 1300. The number of fused-ring (bicyclic) bond motifs is 1. The zero-order valence-electron chi connectivity index (χ0n) is 18.1. The molecule has 1 aromatic heterocycles. The smallest absolute Gasteiger partial charge is 0.257 e. The number of ether oxygens (including phenoxy) is 2. The molecule has 1 N–H and O–H groups in total. The van der Waals surface area contributed by atoms with Crippen LogP contribution < -0.4 is 14.8 Å². The van der Waals surface area contributed by atoms with Crippen LogP contribution in [0.2, 0.25) is 0 Å². The van der Waals surface area contributed by atoms with Gasteiger partial charge in [-0.25, -0.2) is 17.7 Å². The highest BCUT2D eigenvalue weighted by atomic mass is 32.2. The first-order chi connectivity index (χ1) is 15.2. The van der Waals surface area contributed by atoms with E-state index in [0.717, 1.165) is 9.87 Å². The Morgan fingerprint density at radius 3 is 2.53 bits per heavy atom. The van der Waals surface area contributed by atoms with Crippen LogP contribution in [0.15, 0.2) is 40.6 Å². The van der Waals surface area contributed by atoms with Crippen molar-refractivity contribution in [1.29, 1.82) is 0 Å². The SMILES string of the molecule is Cc1cc(C(=O)Nc2nc(-c3ccc4c(c3)OCCO4)cs2)cc(S(=O)(=O)N(C)C)c1C. The zero-order valence-corrected chi connectivity index (χ0v) is 19.8. The minimum Gasteiger partial charge on any atom is -0.486 e. The molecule has 0 spiro atoms. The molecular weight excluding hydrogens is 450 g/mol. The van der Waals surface area contributed by atoms with Crippen molar-refractivity contribution in [2.45, 2.75) is 18.7 Å². The molecule has 32 heavy (non-hydrogen) atoms. The molecule has 8 nitrogen and oxygen atoms in total. The maximum Gasteiger partial charge on any atom is 0.257 e. The average molecular weight is 474 g/mol. The summed E-state index contributed by atoms with van der Waals surface area (Å²) in [6.07, 6.45) is 0. The van der Waals surface area contributed by atoms with E-state index in [1.807, 2.05) is 23.6 Å². The van der Waals surface area contributed by atoms with E-state index in [1.165, 1.54) is 31.5 Å². The molecule has 0 saturated carbocycles. The molecule has 2 heterocycles. The lowest BCUT2D eigenvalue weighted by atomic mass is 10.1. The van der Waals surface area contributed by atoms with E-state index in [1.54, 1.807) is 19.9 Å². The first-order valence-corrected chi connectivity index (χ1v) is 12.2. The van der Waals surface area contributed by atoms with Gasteiger partial charge in [0, 0.05) is 30.6 Å². The summed E-state index contributed by atoms with van der Waals surface area (Å²) in [4.78, 5) is 17.5. The van der Waals surface area contributed by atoms with Crippen molar-refractivity contribution in [3.05, 3.63) is 52.4 Å². The highest BCUT2D eigenvalue weighted by Gasteiger charge is 2.23. The molecule has 2 aromatic carbocycles. The molecule has 1 amide bonds. The van der Waals surface area contributed by atoms with Crippen LogP contribution in [0.1, 0.15) is 21.5 Å². The van der Waals surface area contributed by atoms with Gasteiger partial charge >= 0.3 is 0 Å². The van der Waals surface area contributed by atoms with E-state index in [2.05, 4.69) is 10.3 Å². The van der Waals surface area contributed by atoms with Gasteiger partial charge < -0.3 is 9.47 Å². The largest absolute Gasteiger partial charge is 0.486 e. The number of aryl methyl sites for hydroxylation is 1. The van der Waals surface area contributed by atoms with Gasteiger partial charge in [-0.1, -0.05) is 0 Å². The lowest BCUT2D eigenvalue weighted by Gasteiger charge is -2.18. The maximum absolute atomic E-state index is 12.9. The summed E-state index contributed by atoms with van der Waals surface area (Å²) >= 11 is 1.29. The normalized spacial score (nSPS) is 13.3. The fourth-order valence-corrected chi connectivity index (χ4v) is 5.19. The summed E-state index contributed by atoms with van der Waals surface area (Å²) in [5, 5.41) is 5.02. The van der Waals surface area contributed by atoms with Crippen molar-refractivity contribution >= 4 is 32.4 Å². The summed E-state index contributed by atoms with van der Waals surface area (Å²) in [7, 11) is -0.752. The van der Waals surface area contributed by atoms with Gasteiger partial charge in [0.2, 0.25) is 10.0 Å². The molecule has 0 bridgehead atoms. The van der Waals surface area contributed by atoms with Gasteiger partial charge in [-0.2, -0.15) is 0 Å². The number of benzene rings is 2. The maximum atomic E-state index is 12.9. The Balaban J connectivity index is 1.58. The zero-order chi connectivity index (χ0) is 23.0. The quantitative estimate of drug-likeness (QED) is 0.607. The molecule has 0 radical (unpaired) electrons. The van der Waals surface area contributed by atoms with E-state index >= 15 is 0 Å².